The van der Waals surface area contributed by atoms with E-state index in [9.17, 15) is 9.59 Å². The Hall–Kier alpha value is -3.06. The first-order valence-electron chi connectivity index (χ1n) is 9.74. The van der Waals surface area contributed by atoms with Crippen molar-refractivity contribution >= 4 is 67.9 Å². The van der Waals surface area contributed by atoms with Crippen molar-refractivity contribution in [2.75, 3.05) is 0 Å². The van der Waals surface area contributed by atoms with Gasteiger partial charge in [-0.1, -0.05) is 45.2 Å². The first kappa shape index (κ1) is 21.8. The molecule has 0 amide bonds. The van der Waals surface area contributed by atoms with Crippen LogP contribution in [0.25, 0.3) is 17.0 Å². The lowest BCUT2D eigenvalue weighted by Gasteiger charge is -2.09. The van der Waals surface area contributed by atoms with Gasteiger partial charge in [-0.25, -0.2) is 4.79 Å². The normalized spacial score (nSPS) is 13.9. The summed E-state index contributed by atoms with van der Waals surface area (Å²) in [6.45, 7) is 1.71. The van der Waals surface area contributed by atoms with E-state index < -0.39 is 5.97 Å². The average Bonchev–Trinajstić information content (AvgIpc) is 3.33. The van der Waals surface area contributed by atoms with E-state index in [1.165, 1.54) is 0 Å². The van der Waals surface area contributed by atoms with Crippen LogP contribution in [0.15, 0.2) is 69.2 Å². The maximum absolute atomic E-state index is 12.8. The fourth-order valence-electron chi connectivity index (χ4n) is 3.50. The third kappa shape index (κ3) is 4.06. The molecule has 0 spiro atoms. The molecule has 8 heteroatoms. The van der Waals surface area contributed by atoms with Crippen molar-refractivity contribution in [3.8, 4) is 11.5 Å². The van der Waals surface area contributed by atoms with Crippen molar-refractivity contribution in [1.29, 1.82) is 0 Å². The van der Waals surface area contributed by atoms with Crippen LogP contribution in [-0.2, 0) is 0 Å². The third-order valence-corrected chi connectivity index (χ3v) is 6.22. The predicted octanol–water partition coefficient (Wildman–Crippen LogP) is 7.65. The molecule has 0 fully saturated rings. The minimum atomic E-state index is -0.654. The highest BCUT2D eigenvalue weighted by Gasteiger charge is 2.31. The Bertz CT molecular complexity index is 1500. The van der Waals surface area contributed by atoms with Gasteiger partial charge in [-0.05, 0) is 67.1 Å². The van der Waals surface area contributed by atoms with E-state index in [-0.39, 0.29) is 23.1 Å². The number of Topliss-reactive ketones (excluding diaryl/α,β-unsaturated/α-hetero) is 1. The molecule has 0 saturated carbocycles. The summed E-state index contributed by atoms with van der Waals surface area (Å²) in [5, 5.41) is 1.65. The summed E-state index contributed by atoms with van der Waals surface area (Å²) in [5.74, 6) is -0.172. The summed E-state index contributed by atoms with van der Waals surface area (Å²) < 4.78 is 17.8. The molecule has 1 aromatic heterocycles. The van der Waals surface area contributed by atoms with Crippen LogP contribution in [0, 0.1) is 6.92 Å². The van der Waals surface area contributed by atoms with Gasteiger partial charge in [0.05, 0.1) is 5.56 Å². The van der Waals surface area contributed by atoms with Crippen LogP contribution in [0.2, 0.25) is 10.0 Å². The second-order valence-electron chi connectivity index (χ2n) is 7.35. The summed E-state index contributed by atoms with van der Waals surface area (Å²) in [4.78, 5) is 25.5. The molecular weight excluding hydrogens is 531 g/mol. The highest BCUT2D eigenvalue weighted by atomic mass is 79.9. The summed E-state index contributed by atoms with van der Waals surface area (Å²) in [6.07, 6.45) is 1.55. The number of carbonyl (C=O) groups excluding carboxylic acids is 2. The van der Waals surface area contributed by atoms with Crippen LogP contribution in [-0.4, -0.2) is 11.8 Å². The molecule has 33 heavy (non-hydrogen) atoms. The molecule has 1 aliphatic heterocycles. The van der Waals surface area contributed by atoms with Gasteiger partial charge in [0.25, 0.3) is 0 Å². The second-order valence-corrected chi connectivity index (χ2v) is 9.11. The number of rotatable bonds is 3. The van der Waals surface area contributed by atoms with E-state index in [2.05, 4.69) is 15.9 Å². The molecular formula is C25H13BrCl2O5. The molecule has 0 saturated heterocycles. The highest BCUT2D eigenvalue weighted by Crippen LogP contribution is 2.40. The number of ether oxygens (including phenoxy) is 2. The van der Waals surface area contributed by atoms with Crippen LogP contribution in [0.3, 0.4) is 0 Å². The average molecular weight is 544 g/mol. The number of carbonyl (C=O) groups is 2. The maximum Gasteiger partial charge on any atom is 0.379 e. The van der Waals surface area contributed by atoms with Gasteiger partial charge < -0.3 is 13.9 Å². The van der Waals surface area contributed by atoms with Crippen molar-refractivity contribution in [2.24, 2.45) is 0 Å². The lowest BCUT2D eigenvalue weighted by Crippen LogP contribution is -2.08. The number of esters is 1. The number of ketones is 1. The summed E-state index contributed by atoms with van der Waals surface area (Å²) in [7, 11) is 0. The van der Waals surface area contributed by atoms with Crippen LogP contribution >= 0.6 is 39.1 Å². The fraction of sp³-hybridized carbons (Fsp3) is 0.0400. The molecule has 164 valence electrons. The van der Waals surface area contributed by atoms with Gasteiger partial charge in [-0.2, -0.15) is 0 Å². The van der Waals surface area contributed by atoms with Crippen molar-refractivity contribution < 1.29 is 23.5 Å². The largest absolute Gasteiger partial charge is 0.452 e. The highest BCUT2D eigenvalue weighted by molar-refractivity contribution is 9.10. The lowest BCUT2D eigenvalue weighted by atomic mass is 10.1. The van der Waals surface area contributed by atoms with E-state index in [0.717, 1.165) is 9.86 Å². The van der Waals surface area contributed by atoms with Gasteiger partial charge in [0.15, 0.2) is 5.76 Å². The topological polar surface area (TPSA) is 65.7 Å². The zero-order valence-corrected chi connectivity index (χ0v) is 20.0. The van der Waals surface area contributed by atoms with Crippen molar-refractivity contribution in [3.05, 3.63) is 97.3 Å². The van der Waals surface area contributed by atoms with Crippen molar-refractivity contribution in [1.82, 2.24) is 0 Å². The summed E-state index contributed by atoms with van der Waals surface area (Å²) in [6, 6.07) is 15.1. The Labute approximate surface area is 206 Å². The summed E-state index contributed by atoms with van der Waals surface area (Å²) in [5.41, 5.74) is 2.05. The van der Waals surface area contributed by atoms with E-state index in [1.807, 2.05) is 12.1 Å². The number of hydrogen-bond acceptors (Lipinski definition) is 5. The first-order chi connectivity index (χ1) is 15.8. The predicted molar refractivity (Wildman–Crippen MR) is 129 cm³/mol. The number of furan rings is 1. The molecule has 0 atom stereocenters. The lowest BCUT2D eigenvalue weighted by molar-refractivity contribution is 0.0702. The Balaban J connectivity index is 1.42. The van der Waals surface area contributed by atoms with Crippen LogP contribution in [0.4, 0.5) is 0 Å². The molecule has 0 unspecified atom stereocenters. The molecule has 5 rings (SSSR count). The van der Waals surface area contributed by atoms with Gasteiger partial charge >= 0.3 is 5.97 Å². The molecule has 0 bridgehead atoms. The second kappa shape index (κ2) is 8.37. The van der Waals surface area contributed by atoms with Crippen molar-refractivity contribution in [2.45, 2.75) is 6.92 Å². The molecule has 0 N–H and O–H groups in total. The molecule has 1 aliphatic rings. The number of hydrogen-bond donors (Lipinski definition) is 0. The van der Waals surface area contributed by atoms with E-state index >= 15 is 0 Å². The van der Waals surface area contributed by atoms with Gasteiger partial charge in [-0.3, -0.25) is 4.79 Å². The molecule has 0 aliphatic carbocycles. The SMILES string of the molecule is Cc1c(OC(=O)c2cc3cc(Br)ccc3o2)ccc2c1O/C(=C\c1ccc(Cl)cc1Cl)C2=O. The van der Waals surface area contributed by atoms with Gasteiger partial charge in [-0.15, -0.1) is 0 Å². The Kier molecular flexibility index (Phi) is 5.52. The smallest absolute Gasteiger partial charge is 0.379 e. The quantitative estimate of drug-likeness (QED) is 0.151. The fourth-order valence-corrected chi connectivity index (χ4v) is 4.35. The Morgan fingerprint density at radius 1 is 1.06 bits per heavy atom. The van der Waals surface area contributed by atoms with Crippen molar-refractivity contribution in [3.63, 3.8) is 0 Å². The zero-order valence-electron chi connectivity index (χ0n) is 16.9. The summed E-state index contributed by atoms with van der Waals surface area (Å²) >= 11 is 15.5. The maximum atomic E-state index is 12.8. The molecule has 5 nitrogen and oxygen atoms in total. The molecule has 2 heterocycles. The van der Waals surface area contributed by atoms with Crippen LogP contribution in [0.5, 0.6) is 11.5 Å². The molecule has 4 aromatic rings. The minimum absolute atomic E-state index is 0.0676. The third-order valence-electron chi connectivity index (χ3n) is 5.17. The first-order valence-corrected chi connectivity index (χ1v) is 11.3. The number of allylic oxidation sites excluding steroid dienone is 1. The van der Waals surface area contributed by atoms with Crippen LogP contribution < -0.4 is 9.47 Å². The minimum Gasteiger partial charge on any atom is -0.452 e. The monoisotopic (exact) mass is 542 g/mol. The van der Waals surface area contributed by atoms with Crippen LogP contribution in [0.1, 0.15) is 32.0 Å². The zero-order chi connectivity index (χ0) is 23.3. The molecule has 3 aromatic carbocycles. The molecule has 0 radical (unpaired) electrons. The number of benzene rings is 3. The van der Waals surface area contributed by atoms with Gasteiger partial charge in [0, 0.05) is 25.5 Å². The standard InChI is InChI=1S/C25H13BrCl2O5/c1-12-19(33-25(30)22-10-14-8-15(26)3-6-20(14)31-22)7-5-17-23(29)21(32-24(12)17)9-13-2-4-16(27)11-18(13)28/h2-11H,1H3/b21-9-. The van der Waals surface area contributed by atoms with Gasteiger partial charge in [0.1, 0.15) is 17.1 Å². The van der Waals surface area contributed by atoms with Gasteiger partial charge in [0.2, 0.25) is 11.5 Å². The number of fused-ring (bicyclic) bond motifs is 2. The van der Waals surface area contributed by atoms with E-state index in [0.29, 0.717) is 38.1 Å². The van der Waals surface area contributed by atoms with E-state index in [1.54, 1.807) is 55.5 Å². The van der Waals surface area contributed by atoms with E-state index in [4.69, 9.17) is 37.1 Å². The Morgan fingerprint density at radius 2 is 1.88 bits per heavy atom. The Morgan fingerprint density at radius 3 is 2.67 bits per heavy atom. The number of halogens is 3.